The van der Waals surface area contributed by atoms with Gasteiger partial charge in [-0.05, 0) is 48.9 Å². The SMILES string of the molecule is COc1ccc2sc(C(=O)N3CCC[C@@H]3C(=O)O)c(C)c2c1. The first-order chi connectivity index (χ1) is 10.5. The molecular formula is C16H17NO4S. The lowest BCUT2D eigenvalue weighted by molar-refractivity contribution is -0.141. The van der Waals surface area contributed by atoms with E-state index < -0.39 is 12.0 Å². The van der Waals surface area contributed by atoms with Crippen LogP contribution in [-0.4, -0.2) is 41.6 Å². The first-order valence-electron chi connectivity index (χ1n) is 7.14. The largest absolute Gasteiger partial charge is 0.497 e. The second-order valence-corrected chi connectivity index (χ2v) is 6.47. The third kappa shape index (κ3) is 2.33. The van der Waals surface area contributed by atoms with Gasteiger partial charge in [-0.15, -0.1) is 11.3 Å². The number of hydrogen-bond donors (Lipinski definition) is 1. The number of nitrogens with zero attached hydrogens (tertiary/aromatic N) is 1. The van der Waals surface area contributed by atoms with Gasteiger partial charge in [0.15, 0.2) is 0 Å². The molecule has 6 heteroatoms. The molecule has 0 aliphatic carbocycles. The van der Waals surface area contributed by atoms with Crippen molar-refractivity contribution >= 4 is 33.3 Å². The zero-order valence-electron chi connectivity index (χ0n) is 12.5. The van der Waals surface area contributed by atoms with Crippen LogP contribution in [0.3, 0.4) is 0 Å². The summed E-state index contributed by atoms with van der Waals surface area (Å²) in [7, 11) is 1.61. The maximum Gasteiger partial charge on any atom is 0.326 e. The highest BCUT2D eigenvalue weighted by Gasteiger charge is 2.35. The monoisotopic (exact) mass is 319 g/mol. The minimum atomic E-state index is -0.925. The van der Waals surface area contributed by atoms with E-state index in [1.165, 1.54) is 16.2 Å². The van der Waals surface area contributed by atoms with Crippen molar-refractivity contribution in [2.75, 3.05) is 13.7 Å². The molecule has 116 valence electrons. The molecule has 0 radical (unpaired) electrons. The lowest BCUT2D eigenvalue weighted by Gasteiger charge is -2.21. The fraction of sp³-hybridized carbons (Fsp3) is 0.375. The molecule has 1 aliphatic heterocycles. The Balaban J connectivity index is 2.01. The Morgan fingerprint density at radius 1 is 1.41 bits per heavy atom. The summed E-state index contributed by atoms with van der Waals surface area (Å²) in [5.74, 6) is -0.356. The molecule has 1 atom stereocenters. The van der Waals surface area contributed by atoms with E-state index >= 15 is 0 Å². The van der Waals surface area contributed by atoms with Gasteiger partial charge in [0.05, 0.1) is 12.0 Å². The van der Waals surface area contributed by atoms with Crippen LogP contribution >= 0.6 is 11.3 Å². The number of fused-ring (bicyclic) bond motifs is 1. The Kier molecular flexibility index (Phi) is 3.78. The normalized spacial score (nSPS) is 17.9. The fourth-order valence-corrected chi connectivity index (χ4v) is 4.07. The summed E-state index contributed by atoms with van der Waals surface area (Å²) in [6, 6.07) is 5.01. The van der Waals surface area contributed by atoms with Crippen LogP contribution in [0.25, 0.3) is 10.1 Å². The summed E-state index contributed by atoms with van der Waals surface area (Å²) in [5.41, 5.74) is 0.889. The number of rotatable bonds is 3. The highest BCUT2D eigenvalue weighted by molar-refractivity contribution is 7.21. The van der Waals surface area contributed by atoms with Crippen LogP contribution in [0.15, 0.2) is 18.2 Å². The van der Waals surface area contributed by atoms with Crippen LogP contribution in [0.5, 0.6) is 5.75 Å². The predicted molar refractivity (Wildman–Crippen MR) is 84.8 cm³/mol. The molecule has 1 aromatic carbocycles. The standard InChI is InChI=1S/C16H17NO4S/c1-9-11-8-10(21-2)5-6-13(11)22-14(9)15(18)17-7-3-4-12(17)16(19)20/h5-6,8,12H,3-4,7H2,1-2H3,(H,19,20)/t12-/m1/s1. The van der Waals surface area contributed by atoms with Crippen LogP contribution in [0, 0.1) is 6.92 Å². The molecule has 1 amide bonds. The number of carboxylic acid groups (broad SMARTS) is 1. The number of carboxylic acids is 1. The van der Waals surface area contributed by atoms with Gasteiger partial charge in [0.2, 0.25) is 0 Å². The van der Waals surface area contributed by atoms with Crippen LogP contribution in [0.2, 0.25) is 0 Å². The molecule has 1 N–H and O–H groups in total. The molecule has 2 aromatic rings. The lowest BCUT2D eigenvalue weighted by atomic mass is 10.1. The summed E-state index contributed by atoms with van der Waals surface area (Å²) in [6.45, 7) is 2.41. The number of methoxy groups -OCH3 is 1. The van der Waals surface area contributed by atoms with E-state index in [0.717, 1.165) is 27.8 Å². The van der Waals surface area contributed by atoms with Crippen molar-refractivity contribution < 1.29 is 19.4 Å². The minimum absolute atomic E-state index is 0.178. The molecule has 0 spiro atoms. The molecule has 5 nitrogen and oxygen atoms in total. The number of aliphatic carboxylic acids is 1. The van der Waals surface area contributed by atoms with Crippen LogP contribution in [0.1, 0.15) is 28.1 Å². The van der Waals surface area contributed by atoms with Gasteiger partial charge in [-0.3, -0.25) is 4.79 Å². The zero-order valence-corrected chi connectivity index (χ0v) is 13.3. The molecule has 1 fully saturated rings. The van der Waals surface area contributed by atoms with Crippen molar-refractivity contribution in [3.8, 4) is 5.75 Å². The summed E-state index contributed by atoms with van der Waals surface area (Å²) in [4.78, 5) is 26.1. The highest BCUT2D eigenvalue weighted by Crippen LogP contribution is 2.35. The number of carbonyl (C=O) groups is 2. The summed E-state index contributed by atoms with van der Waals surface area (Å²) < 4.78 is 6.23. The van der Waals surface area contributed by atoms with Gasteiger partial charge in [-0.25, -0.2) is 4.79 Å². The first-order valence-corrected chi connectivity index (χ1v) is 7.95. The van der Waals surface area contributed by atoms with Crippen LogP contribution < -0.4 is 4.74 Å². The number of benzene rings is 1. The Morgan fingerprint density at radius 3 is 2.86 bits per heavy atom. The van der Waals surface area contributed by atoms with Crippen molar-refractivity contribution in [2.24, 2.45) is 0 Å². The average molecular weight is 319 g/mol. The van der Waals surface area contributed by atoms with Crippen molar-refractivity contribution in [1.29, 1.82) is 0 Å². The van der Waals surface area contributed by atoms with Crippen molar-refractivity contribution in [3.63, 3.8) is 0 Å². The molecule has 0 bridgehead atoms. The van der Waals surface area contributed by atoms with Crippen molar-refractivity contribution in [1.82, 2.24) is 4.90 Å². The number of aryl methyl sites for hydroxylation is 1. The third-order valence-corrected chi connectivity index (χ3v) is 5.40. The Bertz CT molecular complexity index is 752. The van der Waals surface area contributed by atoms with E-state index in [1.807, 2.05) is 25.1 Å². The van der Waals surface area contributed by atoms with Gasteiger partial charge < -0.3 is 14.7 Å². The van der Waals surface area contributed by atoms with E-state index in [9.17, 15) is 14.7 Å². The van der Waals surface area contributed by atoms with Gasteiger partial charge in [0.25, 0.3) is 5.91 Å². The highest BCUT2D eigenvalue weighted by atomic mass is 32.1. The molecule has 3 rings (SSSR count). The van der Waals surface area contributed by atoms with Gasteiger partial charge in [0, 0.05) is 11.2 Å². The van der Waals surface area contributed by atoms with Gasteiger partial charge >= 0.3 is 5.97 Å². The molecule has 2 heterocycles. The number of carbonyl (C=O) groups excluding carboxylic acids is 1. The number of thiophene rings is 1. The molecule has 1 saturated heterocycles. The molecule has 0 unspecified atom stereocenters. The number of hydrogen-bond acceptors (Lipinski definition) is 4. The minimum Gasteiger partial charge on any atom is -0.497 e. The van der Waals surface area contributed by atoms with Gasteiger partial charge in [0.1, 0.15) is 11.8 Å². The van der Waals surface area contributed by atoms with Crippen LogP contribution in [0.4, 0.5) is 0 Å². The van der Waals surface area contributed by atoms with Crippen molar-refractivity contribution in [3.05, 3.63) is 28.6 Å². The molecule has 22 heavy (non-hydrogen) atoms. The summed E-state index contributed by atoms with van der Waals surface area (Å²) in [6.07, 6.45) is 1.26. The van der Waals surface area contributed by atoms with E-state index in [-0.39, 0.29) is 5.91 Å². The maximum atomic E-state index is 12.7. The lowest BCUT2D eigenvalue weighted by Crippen LogP contribution is -2.40. The Morgan fingerprint density at radius 2 is 2.18 bits per heavy atom. The topological polar surface area (TPSA) is 66.8 Å². The number of amides is 1. The Labute approximate surface area is 132 Å². The smallest absolute Gasteiger partial charge is 0.326 e. The molecule has 0 saturated carbocycles. The number of likely N-dealkylation sites (tertiary alicyclic amines) is 1. The number of ether oxygens (including phenoxy) is 1. The quantitative estimate of drug-likeness (QED) is 0.944. The van der Waals surface area contributed by atoms with E-state index in [2.05, 4.69) is 0 Å². The van der Waals surface area contributed by atoms with Crippen LogP contribution in [-0.2, 0) is 4.79 Å². The zero-order chi connectivity index (χ0) is 15.9. The Hall–Kier alpha value is -2.08. The van der Waals surface area contributed by atoms with E-state index in [4.69, 9.17) is 4.74 Å². The second kappa shape index (κ2) is 5.61. The molecule has 1 aliphatic rings. The van der Waals surface area contributed by atoms with E-state index in [0.29, 0.717) is 17.8 Å². The third-order valence-electron chi connectivity index (χ3n) is 4.14. The predicted octanol–water partition coefficient (Wildman–Crippen LogP) is 2.91. The van der Waals surface area contributed by atoms with E-state index in [1.54, 1.807) is 7.11 Å². The maximum absolute atomic E-state index is 12.7. The fourth-order valence-electron chi connectivity index (χ4n) is 2.93. The second-order valence-electron chi connectivity index (χ2n) is 5.41. The van der Waals surface area contributed by atoms with Gasteiger partial charge in [-0.2, -0.15) is 0 Å². The molecule has 1 aromatic heterocycles. The molecular weight excluding hydrogens is 302 g/mol. The first kappa shape index (κ1) is 14.8. The summed E-state index contributed by atoms with van der Waals surface area (Å²) in [5, 5.41) is 10.2. The average Bonchev–Trinajstić information content (AvgIpc) is 3.11. The summed E-state index contributed by atoms with van der Waals surface area (Å²) >= 11 is 1.41. The van der Waals surface area contributed by atoms with Crippen molar-refractivity contribution in [2.45, 2.75) is 25.8 Å². The van der Waals surface area contributed by atoms with Gasteiger partial charge in [-0.1, -0.05) is 0 Å².